The number of thioether (sulfide) groups is 1. The highest BCUT2D eigenvalue weighted by Gasteiger charge is 2.21. The summed E-state index contributed by atoms with van der Waals surface area (Å²) >= 11 is 2.87. The average Bonchev–Trinajstić information content (AvgIpc) is 2.74. The molecular formula is C9H16N2O2S3. The Kier molecular flexibility index (Phi) is 5.26. The molecule has 0 saturated heterocycles. The minimum absolute atomic E-state index is 0.372. The zero-order valence-electron chi connectivity index (χ0n) is 9.34. The van der Waals surface area contributed by atoms with E-state index in [2.05, 4.69) is 0 Å². The van der Waals surface area contributed by atoms with Crippen molar-refractivity contribution in [2.45, 2.75) is 10.8 Å². The molecular weight excluding hydrogens is 264 g/mol. The smallest absolute Gasteiger partial charge is 0.252 e. The van der Waals surface area contributed by atoms with E-state index in [0.29, 0.717) is 17.3 Å². The molecule has 1 heterocycles. The van der Waals surface area contributed by atoms with Crippen LogP contribution in [-0.4, -0.2) is 38.3 Å². The Hall–Kier alpha value is -0.0800. The molecule has 1 aromatic rings. The Balaban J connectivity index is 2.84. The van der Waals surface area contributed by atoms with Crippen LogP contribution in [0, 0.1) is 0 Å². The van der Waals surface area contributed by atoms with Gasteiger partial charge in [-0.2, -0.15) is 16.1 Å². The molecule has 4 nitrogen and oxygen atoms in total. The third-order valence-corrected chi connectivity index (χ3v) is 6.14. The second kappa shape index (κ2) is 6.02. The fourth-order valence-corrected chi connectivity index (χ4v) is 4.29. The molecule has 2 N–H and O–H groups in total. The predicted octanol–water partition coefficient (Wildman–Crippen LogP) is 1.19. The van der Waals surface area contributed by atoms with E-state index in [4.69, 9.17) is 5.73 Å². The van der Waals surface area contributed by atoms with E-state index < -0.39 is 10.0 Å². The van der Waals surface area contributed by atoms with Gasteiger partial charge in [0.15, 0.2) is 0 Å². The zero-order valence-corrected chi connectivity index (χ0v) is 11.8. The van der Waals surface area contributed by atoms with Gasteiger partial charge in [-0.05, 0) is 18.4 Å². The van der Waals surface area contributed by atoms with Gasteiger partial charge < -0.3 is 5.73 Å². The van der Waals surface area contributed by atoms with Gasteiger partial charge in [0.1, 0.15) is 4.21 Å². The Labute approximate surface area is 105 Å². The van der Waals surface area contributed by atoms with Crippen LogP contribution in [0.15, 0.2) is 16.3 Å². The minimum atomic E-state index is -3.32. The number of sulfonamides is 1. The summed E-state index contributed by atoms with van der Waals surface area (Å²) in [6, 6.07) is 3.39. The Morgan fingerprint density at radius 1 is 1.50 bits per heavy atom. The van der Waals surface area contributed by atoms with Crippen LogP contribution in [0.3, 0.4) is 0 Å². The molecule has 1 rings (SSSR count). The normalized spacial score (nSPS) is 12.2. The number of nitrogens with two attached hydrogens (primary N) is 1. The first kappa shape index (κ1) is 14.0. The van der Waals surface area contributed by atoms with Crippen molar-refractivity contribution in [1.82, 2.24) is 4.31 Å². The lowest BCUT2D eigenvalue weighted by molar-refractivity contribution is 0.490. The second-order valence-electron chi connectivity index (χ2n) is 3.24. The standard InChI is InChI=1S/C9H16N2O2S3/c1-11(5-6-14-2)16(12,13)9-4-3-8(7-10)15-9/h3-4H,5-7,10H2,1-2H3. The van der Waals surface area contributed by atoms with Gasteiger partial charge in [-0.1, -0.05) is 0 Å². The maximum atomic E-state index is 12.1. The second-order valence-corrected chi connectivity index (χ2v) is 7.67. The number of hydrogen-bond acceptors (Lipinski definition) is 5. The molecule has 0 aliphatic heterocycles. The van der Waals surface area contributed by atoms with Crippen molar-refractivity contribution in [3.63, 3.8) is 0 Å². The fraction of sp³-hybridized carbons (Fsp3) is 0.556. The van der Waals surface area contributed by atoms with Gasteiger partial charge in [0.25, 0.3) is 10.0 Å². The van der Waals surface area contributed by atoms with E-state index in [1.165, 1.54) is 15.6 Å². The summed E-state index contributed by atoms with van der Waals surface area (Å²) in [6.07, 6.45) is 1.96. The highest BCUT2D eigenvalue weighted by molar-refractivity contribution is 7.98. The van der Waals surface area contributed by atoms with Gasteiger partial charge in [0.2, 0.25) is 0 Å². The summed E-state index contributed by atoms with van der Waals surface area (Å²) in [5.41, 5.74) is 5.46. The van der Waals surface area contributed by atoms with E-state index in [1.54, 1.807) is 30.9 Å². The molecule has 0 atom stereocenters. The molecule has 0 amide bonds. The number of hydrogen-bond donors (Lipinski definition) is 1. The van der Waals surface area contributed by atoms with Gasteiger partial charge in [-0.15, -0.1) is 11.3 Å². The number of thiophene rings is 1. The van der Waals surface area contributed by atoms with Gasteiger partial charge in [-0.25, -0.2) is 8.42 Å². The lowest BCUT2D eigenvalue weighted by Crippen LogP contribution is -2.28. The lowest BCUT2D eigenvalue weighted by atomic mass is 10.5. The van der Waals surface area contributed by atoms with Crippen LogP contribution >= 0.6 is 23.1 Å². The van der Waals surface area contributed by atoms with Crippen LogP contribution in [0.2, 0.25) is 0 Å². The first-order chi connectivity index (χ1) is 7.52. The number of rotatable bonds is 6. The van der Waals surface area contributed by atoms with Crippen LogP contribution in [0.1, 0.15) is 4.88 Å². The van der Waals surface area contributed by atoms with Crippen molar-refractivity contribution in [3.8, 4) is 0 Å². The Morgan fingerprint density at radius 3 is 2.69 bits per heavy atom. The molecule has 0 spiro atoms. The van der Waals surface area contributed by atoms with Crippen molar-refractivity contribution in [3.05, 3.63) is 17.0 Å². The maximum absolute atomic E-state index is 12.1. The molecule has 0 aromatic carbocycles. The summed E-state index contributed by atoms with van der Waals surface area (Å²) < 4.78 is 25.9. The SMILES string of the molecule is CSCCN(C)S(=O)(=O)c1ccc(CN)s1. The van der Waals surface area contributed by atoms with E-state index in [0.717, 1.165) is 10.6 Å². The van der Waals surface area contributed by atoms with Gasteiger partial charge in [0.05, 0.1) is 0 Å². The topological polar surface area (TPSA) is 63.4 Å². The molecule has 0 radical (unpaired) electrons. The summed E-state index contributed by atoms with van der Waals surface area (Å²) in [6.45, 7) is 0.911. The van der Waals surface area contributed by atoms with Gasteiger partial charge in [-0.3, -0.25) is 0 Å². The number of nitrogens with zero attached hydrogens (tertiary/aromatic N) is 1. The van der Waals surface area contributed by atoms with E-state index >= 15 is 0 Å². The highest BCUT2D eigenvalue weighted by atomic mass is 32.2. The van der Waals surface area contributed by atoms with Crippen molar-refractivity contribution in [2.24, 2.45) is 5.73 Å². The van der Waals surface area contributed by atoms with Gasteiger partial charge >= 0.3 is 0 Å². The molecule has 0 fully saturated rings. The molecule has 92 valence electrons. The van der Waals surface area contributed by atoms with E-state index in [-0.39, 0.29) is 0 Å². The van der Waals surface area contributed by atoms with E-state index in [1.807, 2.05) is 6.26 Å². The Bertz CT molecular complexity index is 428. The van der Waals surface area contributed by atoms with Gasteiger partial charge in [0, 0.05) is 30.8 Å². The van der Waals surface area contributed by atoms with E-state index in [9.17, 15) is 8.42 Å². The fourth-order valence-electron chi connectivity index (χ4n) is 1.10. The molecule has 0 saturated carbocycles. The van der Waals surface area contributed by atoms with Crippen LogP contribution < -0.4 is 5.73 Å². The average molecular weight is 280 g/mol. The minimum Gasteiger partial charge on any atom is -0.326 e. The van der Waals surface area contributed by atoms with Crippen molar-refractivity contribution in [2.75, 3.05) is 25.6 Å². The van der Waals surface area contributed by atoms with Crippen molar-refractivity contribution < 1.29 is 8.42 Å². The molecule has 1 aromatic heterocycles. The Morgan fingerprint density at radius 2 is 2.19 bits per heavy atom. The predicted molar refractivity (Wildman–Crippen MR) is 70.4 cm³/mol. The third kappa shape index (κ3) is 3.21. The summed E-state index contributed by atoms with van der Waals surface area (Å²) in [4.78, 5) is 0.886. The largest absolute Gasteiger partial charge is 0.326 e. The summed E-state index contributed by atoms with van der Waals surface area (Å²) in [7, 11) is -1.71. The lowest BCUT2D eigenvalue weighted by Gasteiger charge is -2.14. The molecule has 7 heteroatoms. The molecule has 16 heavy (non-hydrogen) atoms. The van der Waals surface area contributed by atoms with Crippen molar-refractivity contribution in [1.29, 1.82) is 0 Å². The zero-order chi connectivity index (χ0) is 12.2. The van der Waals surface area contributed by atoms with Crippen LogP contribution in [0.5, 0.6) is 0 Å². The highest BCUT2D eigenvalue weighted by Crippen LogP contribution is 2.23. The molecule has 0 aliphatic rings. The quantitative estimate of drug-likeness (QED) is 0.850. The van der Waals surface area contributed by atoms with Crippen molar-refractivity contribution >= 4 is 33.1 Å². The molecule has 0 unspecified atom stereocenters. The summed E-state index contributed by atoms with van der Waals surface area (Å²) in [5.74, 6) is 0.796. The molecule has 0 bridgehead atoms. The monoisotopic (exact) mass is 280 g/mol. The first-order valence-electron chi connectivity index (χ1n) is 4.76. The van der Waals surface area contributed by atoms with Crippen LogP contribution in [0.25, 0.3) is 0 Å². The first-order valence-corrected chi connectivity index (χ1v) is 8.41. The maximum Gasteiger partial charge on any atom is 0.252 e. The third-order valence-electron chi connectivity index (χ3n) is 2.11. The van der Waals surface area contributed by atoms with Crippen LogP contribution in [-0.2, 0) is 16.6 Å². The summed E-state index contributed by atoms with van der Waals surface area (Å²) in [5, 5.41) is 0. The molecule has 0 aliphatic carbocycles. The van der Waals surface area contributed by atoms with Crippen LogP contribution in [0.4, 0.5) is 0 Å².